The van der Waals surface area contributed by atoms with E-state index in [0.717, 1.165) is 83.5 Å². The molecule has 1 atom stereocenters. The number of ether oxygens (including phenoxy) is 1. The molecule has 0 saturated carbocycles. The number of unbranched alkanes of at least 4 members (excludes halogenated alkanes) is 33. The Morgan fingerprint density at radius 2 is 0.705 bits per heavy atom. The highest BCUT2D eigenvalue weighted by atomic mass is 16.5. The van der Waals surface area contributed by atoms with Crippen molar-refractivity contribution in [2.45, 2.75) is 290 Å². The summed E-state index contributed by atoms with van der Waals surface area (Å²) in [6.45, 7) is 5.79. The third-order valence-corrected chi connectivity index (χ3v) is 12.7. The van der Waals surface area contributed by atoms with E-state index in [1.54, 1.807) is 0 Å². The van der Waals surface area contributed by atoms with Crippen LogP contribution >= 0.6 is 0 Å². The van der Waals surface area contributed by atoms with Crippen molar-refractivity contribution in [2.24, 2.45) is 5.41 Å². The Morgan fingerprint density at radius 3 is 1.02 bits per heavy atom. The number of esters is 1. The Bertz CT molecular complexity index is 981. The summed E-state index contributed by atoms with van der Waals surface area (Å²) in [5, 5.41) is 19.5. The number of Topliss-reactive ketones (excluding diaryl/α,β-unsaturated/α-hetero) is 2. The lowest BCUT2D eigenvalue weighted by Gasteiger charge is -2.29. The van der Waals surface area contributed by atoms with Gasteiger partial charge < -0.3 is 14.9 Å². The minimum absolute atomic E-state index is 0.173. The number of allylic oxidation sites excluding steroid dienone is 4. The predicted molar refractivity (Wildman–Crippen MR) is 261 cm³/mol. The molecule has 0 heterocycles. The van der Waals surface area contributed by atoms with Gasteiger partial charge >= 0.3 is 5.97 Å². The fourth-order valence-corrected chi connectivity index (χ4v) is 8.48. The average Bonchev–Trinajstić information content (AvgIpc) is 3.26. The van der Waals surface area contributed by atoms with E-state index < -0.39 is 30.7 Å². The molecule has 0 saturated heterocycles. The molecule has 1 unspecified atom stereocenters. The number of carbonyl (C=O) groups excluding carboxylic acids is 3. The van der Waals surface area contributed by atoms with Crippen molar-refractivity contribution in [3.05, 3.63) is 24.3 Å². The lowest BCUT2D eigenvalue weighted by molar-refractivity contribution is -0.168. The molecule has 2 N–H and O–H groups in total. The lowest BCUT2D eigenvalue weighted by atomic mass is 9.72. The number of hydrogen-bond donors (Lipinski definition) is 2. The first-order chi connectivity index (χ1) is 29.9. The topological polar surface area (TPSA) is 101 Å². The zero-order valence-corrected chi connectivity index (χ0v) is 40.8. The van der Waals surface area contributed by atoms with Crippen LogP contribution in [-0.4, -0.2) is 47.1 Å². The van der Waals surface area contributed by atoms with Gasteiger partial charge in [0, 0.05) is 12.8 Å². The molecule has 0 radical (unpaired) electrons. The van der Waals surface area contributed by atoms with Crippen LogP contribution in [0.4, 0.5) is 0 Å². The molecule has 0 fully saturated rings. The second-order valence-corrected chi connectivity index (χ2v) is 18.5. The van der Waals surface area contributed by atoms with E-state index in [4.69, 9.17) is 4.74 Å². The van der Waals surface area contributed by atoms with Crippen LogP contribution in [0, 0.1) is 5.41 Å². The molecule has 0 rings (SSSR count). The second-order valence-electron chi connectivity index (χ2n) is 18.5. The summed E-state index contributed by atoms with van der Waals surface area (Å²) in [4.78, 5) is 42.4. The molecule has 0 bridgehead atoms. The Balaban J connectivity index is 5.19. The molecule has 358 valence electrons. The van der Waals surface area contributed by atoms with Crippen molar-refractivity contribution in [3.63, 3.8) is 0 Å². The van der Waals surface area contributed by atoms with Gasteiger partial charge in [0.05, 0.1) is 6.61 Å². The number of carbonyl (C=O) groups is 3. The lowest BCUT2D eigenvalue weighted by Crippen LogP contribution is -2.48. The third-order valence-electron chi connectivity index (χ3n) is 12.7. The van der Waals surface area contributed by atoms with E-state index in [-0.39, 0.29) is 30.8 Å². The average molecular weight is 859 g/mol. The standard InChI is InChI=1S/C55H102O6/c1-4-7-10-13-16-19-22-25-27-29-31-34-37-40-43-46-52(58)55(54(60)61-50-51(57)49-56,48-45-42-39-36-33-24-21-18-15-12-9-6-3)53(59)47-44-41-38-35-32-30-28-26-23-20-17-14-11-8-5-2/h25-28,51,56-57H,4-24,29-50H2,1-3H3/b27-25-,28-26-. The smallest absolute Gasteiger partial charge is 0.327 e. The van der Waals surface area contributed by atoms with Gasteiger partial charge in [0.25, 0.3) is 0 Å². The van der Waals surface area contributed by atoms with Crippen LogP contribution in [0.2, 0.25) is 0 Å². The molecule has 0 aromatic heterocycles. The number of aliphatic hydroxyl groups is 2. The molecule has 0 amide bonds. The van der Waals surface area contributed by atoms with Gasteiger partial charge in [-0.2, -0.15) is 0 Å². The molecule has 0 aliphatic carbocycles. The normalized spacial score (nSPS) is 12.5. The maximum absolute atomic E-state index is 14.2. The van der Waals surface area contributed by atoms with E-state index in [2.05, 4.69) is 45.1 Å². The molecule has 0 aliphatic rings. The summed E-state index contributed by atoms with van der Waals surface area (Å²) in [6, 6.07) is 0. The number of aliphatic hydroxyl groups excluding tert-OH is 2. The van der Waals surface area contributed by atoms with Crippen LogP contribution in [0.15, 0.2) is 24.3 Å². The first-order valence-electron chi connectivity index (χ1n) is 26.7. The molecule has 6 heteroatoms. The van der Waals surface area contributed by atoms with Gasteiger partial charge in [-0.3, -0.25) is 14.4 Å². The van der Waals surface area contributed by atoms with Gasteiger partial charge in [0.15, 0.2) is 17.0 Å². The third kappa shape index (κ3) is 35.3. The Morgan fingerprint density at radius 1 is 0.426 bits per heavy atom. The summed E-state index contributed by atoms with van der Waals surface area (Å²) < 4.78 is 5.51. The minimum atomic E-state index is -1.82. The number of ketones is 2. The zero-order chi connectivity index (χ0) is 44.8. The quantitative estimate of drug-likeness (QED) is 0.0273. The van der Waals surface area contributed by atoms with Gasteiger partial charge in [-0.25, -0.2) is 0 Å². The molecule has 0 spiro atoms. The van der Waals surface area contributed by atoms with E-state index in [9.17, 15) is 24.6 Å². The van der Waals surface area contributed by atoms with Crippen LogP contribution in [0.3, 0.4) is 0 Å². The van der Waals surface area contributed by atoms with Crippen molar-refractivity contribution >= 4 is 17.5 Å². The molecule has 6 nitrogen and oxygen atoms in total. The highest BCUT2D eigenvalue weighted by molar-refractivity contribution is 6.22. The highest BCUT2D eigenvalue weighted by Gasteiger charge is 2.51. The van der Waals surface area contributed by atoms with Crippen molar-refractivity contribution in [1.29, 1.82) is 0 Å². The predicted octanol–water partition coefficient (Wildman–Crippen LogP) is 16.2. The molecular weight excluding hydrogens is 757 g/mol. The zero-order valence-electron chi connectivity index (χ0n) is 40.8. The molecule has 0 aromatic rings. The van der Waals surface area contributed by atoms with Crippen molar-refractivity contribution in [2.75, 3.05) is 13.2 Å². The summed E-state index contributed by atoms with van der Waals surface area (Å²) in [5.74, 6) is -1.44. The van der Waals surface area contributed by atoms with Crippen molar-refractivity contribution in [1.82, 2.24) is 0 Å². The Kier molecular flexibility index (Phi) is 44.9. The number of rotatable bonds is 49. The maximum Gasteiger partial charge on any atom is 0.327 e. The summed E-state index contributed by atoms with van der Waals surface area (Å²) >= 11 is 0. The number of hydrogen-bond acceptors (Lipinski definition) is 6. The van der Waals surface area contributed by atoms with Crippen molar-refractivity contribution in [3.8, 4) is 0 Å². The van der Waals surface area contributed by atoms with Gasteiger partial charge in [0.2, 0.25) is 0 Å². The van der Waals surface area contributed by atoms with Gasteiger partial charge in [-0.1, -0.05) is 225 Å². The Hall–Kier alpha value is -1.79. The fraction of sp³-hybridized carbons (Fsp3) is 0.873. The summed E-state index contributed by atoms with van der Waals surface area (Å²) in [5.41, 5.74) is -1.82. The van der Waals surface area contributed by atoms with Gasteiger partial charge in [-0.15, -0.1) is 0 Å². The van der Waals surface area contributed by atoms with Gasteiger partial charge in [-0.05, 0) is 70.6 Å². The largest absolute Gasteiger partial charge is 0.462 e. The van der Waals surface area contributed by atoms with Crippen LogP contribution in [0.25, 0.3) is 0 Å². The summed E-state index contributed by atoms with van der Waals surface area (Å²) in [6.07, 6.45) is 52.7. The van der Waals surface area contributed by atoms with E-state index in [1.165, 1.54) is 141 Å². The monoisotopic (exact) mass is 859 g/mol. The molecule has 0 aromatic carbocycles. The second kappa shape index (κ2) is 46.2. The maximum atomic E-state index is 14.2. The van der Waals surface area contributed by atoms with Gasteiger partial charge in [0.1, 0.15) is 12.7 Å². The summed E-state index contributed by atoms with van der Waals surface area (Å²) in [7, 11) is 0. The van der Waals surface area contributed by atoms with Crippen LogP contribution in [-0.2, 0) is 19.1 Å². The Labute approximate surface area is 378 Å². The molecule has 0 aliphatic heterocycles. The highest BCUT2D eigenvalue weighted by Crippen LogP contribution is 2.35. The SMILES string of the molecule is CCCCCCCC/C=C\CCCCCCCC(=O)C(CCCCCCCCCCCCCC)(C(=O)CCCCCCC/C=C\CCCCCCCC)C(=O)OCC(O)CO. The van der Waals surface area contributed by atoms with E-state index in [1.807, 2.05) is 0 Å². The minimum Gasteiger partial charge on any atom is -0.462 e. The fourth-order valence-electron chi connectivity index (χ4n) is 8.48. The molecular formula is C55H102O6. The van der Waals surface area contributed by atoms with Crippen LogP contribution < -0.4 is 0 Å². The first kappa shape index (κ1) is 59.2. The van der Waals surface area contributed by atoms with E-state index >= 15 is 0 Å². The van der Waals surface area contributed by atoms with Crippen LogP contribution in [0.5, 0.6) is 0 Å². The first-order valence-corrected chi connectivity index (χ1v) is 26.7. The van der Waals surface area contributed by atoms with Crippen molar-refractivity contribution < 1.29 is 29.3 Å². The van der Waals surface area contributed by atoms with E-state index in [0.29, 0.717) is 19.3 Å². The molecule has 61 heavy (non-hydrogen) atoms. The van der Waals surface area contributed by atoms with Crippen LogP contribution in [0.1, 0.15) is 284 Å².